The molecule has 0 fully saturated rings. The van der Waals surface area contributed by atoms with E-state index < -0.39 is 35.7 Å². The molecule has 2 aromatic carbocycles. The zero-order valence-electron chi connectivity index (χ0n) is 19.6. The first-order valence-electron chi connectivity index (χ1n) is 10.6. The quantitative estimate of drug-likeness (QED) is 0.280. The van der Waals surface area contributed by atoms with E-state index in [1.54, 1.807) is 25.1 Å². The van der Waals surface area contributed by atoms with E-state index in [2.05, 4.69) is 20.9 Å². The van der Waals surface area contributed by atoms with Crippen molar-refractivity contribution in [3.8, 4) is 11.5 Å². The number of rotatable bonds is 10. The number of amides is 2. The van der Waals surface area contributed by atoms with Crippen molar-refractivity contribution in [2.75, 3.05) is 24.9 Å². The fourth-order valence-electron chi connectivity index (χ4n) is 3.48. The lowest BCUT2D eigenvalue weighted by Gasteiger charge is -2.26. The average molecular weight is 501 g/mol. The van der Waals surface area contributed by atoms with Gasteiger partial charge < -0.3 is 36.3 Å². The molecule has 1 aromatic heterocycles. The van der Waals surface area contributed by atoms with Crippen molar-refractivity contribution in [1.29, 1.82) is 0 Å². The number of nitrogens with zero attached hydrogens (tertiary/aromatic N) is 1. The normalized spacial score (nSPS) is 12.2. The monoisotopic (exact) mass is 501 g/mol. The fraction of sp³-hybridized carbons (Fsp3) is 0.208. The van der Waals surface area contributed by atoms with Crippen molar-refractivity contribution in [2.24, 2.45) is 5.73 Å². The van der Waals surface area contributed by atoms with Gasteiger partial charge in [0.1, 0.15) is 23.1 Å². The van der Waals surface area contributed by atoms with Gasteiger partial charge in [-0.3, -0.25) is 4.79 Å². The van der Waals surface area contributed by atoms with Gasteiger partial charge in [-0.1, -0.05) is 12.1 Å². The van der Waals surface area contributed by atoms with Crippen molar-refractivity contribution >= 4 is 29.3 Å². The van der Waals surface area contributed by atoms with E-state index in [-0.39, 0.29) is 17.2 Å². The van der Waals surface area contributed by atoms with Gasteiger partial charge in [0.05, 0.1) is 31.9 Å². The molecule has 3 aromatic rings. The van der Waals surface area contributed by atoms with Crippen molar-refractivity contribution < 1.29 is 33.0 Å². The number of primary amides is 1. The minimum absolute atomic E-state index is 0.0709. The van der Waals surface area contributed by atoms with Crippen LogP contribution < -0.4 is 31.2 Å². The van der Waals surface area contributed by atoms with Gasteiger partial charge in [-0.2, -0.15) is 0 Å². The fourth-order valence-corrected chi connectivity index (χ4v) is 3.48. The molecule has 0 radical (unpaired) electrons. The third-order valence-corrected chi connectivity index (χ3v) is 5.23. The van der Waals surface area contributed by atoms with Crippen molar-refractivity contribution in [3.63, 3.8) is 0 Å². The van der Waals surface area contributed by atoms with Crippen LogP contribution in [0, 0.1) is 11.6 Å². The molecule has 2 amide bonds. The van der Waals surface area contributed by atoms with Gasteiger partial charge in [0.2, 0.25) is 0 Å². The molecule has 2 atom stereocenters. The molecule has 3 rings (SSSR count). The van der Waals surface area contributed by atoms with Crippen molar-refractivity contribution in [2.45, 2.75) is 19.0 Å². The summed E-state index contributed by atoms with van der Waals surface area (Å²) in [6.07, 6.45) is -1.30. The summed E-state index contributed by atoms with van der Waals surface area (Å²) in [6.45, 7) is 1.55. The molecule has 0 aliphatic carbocycles. The minimum Gasteiger partial charge on any atom is -0.497 e. The number of carbonyl (C=O) groups excluding carboxylic acids is 1. The van der Waals surface area contributed by atoms with Crippen LogP contribution in [0.5, 0.6) is 11.5 Å². The first-order chi connectivity index (χ1) is 17.1. The Balaban J connectivity index is 2.04. The number of nitrogens with one attached hydrogen (secondary N) is 3. The number of methoxy groups -OCH3 is 2. The highest BCUT2D eigenvalue weighted by molar-refractivity contribution is 5.98. The maximum atomic E-state index is 15.0. The number of aromatic nitrogens is 1. The van der Waals surface area contributed by atoms with E-state index in [0.29, 0.717) is 22.7 Å². The van der Waals surface area contributed by atoms with Crippen LogP contribution in [0.25, 0.3) is 0 Å². The maximum absolute atomic E-state index is 15.0. The molecule has 10 nitrogen and oxygen atoms in total. The number of hydrogen-bond acceptors (Lipinski definition) is 7. The average Bonchev–Trinajstić information content (AvgIpc) is 2.83. The minimum atomic E-state index is -1.30. The summed E-state index contributed by atoms with van der Waals surface area (Å²) in [5.74, 6) is -1.81. The Morgan fingerprint density at radius 2 is 1.61 bits per heavy atom. The van der Waals surface area contributed by atoms with E-state index in [1.165, 1.54) is 38.5 Å². The predicted octanol–water partition coefficient (Wildman–Crippen LogP) is 4.03. The van der Waals surface area contributed by atoms with Crippen LogP contribution in [0.2, 0.25) is 0 Å². The SMILES string of the molecule is COc1cc(Nc2nc(N[C@@H](c3ccc(F)cc3)[C@H](C)NC(=O)O)c(F)cc2C(N)=O)cc(OC)c1. The third-order valence-electron chi connectivity index (χ3n) is 5.23. The Morgan fingerprint density at radius 3 is 2.14 bits per heavy atom. The molecule has 6 N–H and O–H groups in total. The van der Waals surface area contributed by atoms with Gasteiger partial charge in [0.15, 0.2) is 11.6 Å². The largest absolute Gasteiger partial charge is 0.497 e. The first-order valence-corrected chi connectivity index (χ1v) is 10.6. The molecule has 0 aliphatic rings. The smallest absolute Gasteiger partial charge is 0.404 e. The Bertz CT molecular complexity index is 1230. The molecule has 190 valence electrons. The summed E-state index contributed by atoms with van der Waals surface area (Å²) < 4.78 is 39.0. The number of nitrogens with two attached hydrogens (primary N) is 1. The summed E-state index contributed by atoms with van der Waals surface area (Å²) in [6, 6.07) is 9.37. The van der Waals surface area contributed by atoms with Crippen LogP contribution in [0.3, 0.4) is 0 Å². The van der Waals surface area contributed by atoms with Gasteiger partial charge in [0.25, 0.3) is 5.91 Å². The molecule has 0 unspecified atom stereocenters. The summed E-state index contributed by atoms with van der Waals surface area (Å²) in [4.78, 5) is 27.5. The Kier molecular flexibility index (Phi) is 8.10. The zero-order chi connectivity index (χ0) is 26.4. The van der Waals surface area contributed by atoms with Gasteiger partial charge in [-0.25, -0.2) is 18.6 Å². The Hall–Kier alpha value is -4.61. The second kappa shape index (κ2) is 11.2. The molecule has 0 spiro atoms. The van der Waals surface area contributed by atoms with E-state index in [9.17, 15) is 14.0 Å². The summed E-state index contributed by atoms with van der Waals surface area (Å²) in [5, 5.41) is 17.2. The molecular weight excluding hydrogens is 476 g/mol. The second-order valence-corrected chi connectivity index (χ2v) is 7.72. The lowest BCUT2D eigenvalue weighted by molar-refractivity contribution is 0.1000. The van der Waals surface area contributed by atoms with E-state index in [1.807, 2.05) is 0 Å². The van der Waals surface area contributed by atoms with E-state index in [0.717, 1.165) is 6.07 Å². The lowest BCUT2D eigenvalue weighted by Crippen LogP contribution is -2.39. The van der Waals surface area contributed by atoms with Gasteiger partial charge >= 0.3 is 6.09 Å². The van der Waals surface area contributed by atoms with Crippen LogP contribution in [0.15, 0.2) is 48.5 Å². The van der Waals surface area contributed by atoms with Crippen LogP contribution in [0.4, 0.5) is 30.9 Å². The highest BCUT2D eigenvalue weighted by Crippen LogP contribution is 2.31. The molecule has 1 heterocycles. The lowest BCUT2D eigenvalue weighted by atomic mass is 10.00. The topological polar surface area (TPSA) is 148 Å². The molecule has 0 bridgehead atoms. The van der Waals surface area contributed by atoms with Crippen LogP contribution in [0.1, 0.15) is 28.9 Å². The van der Waals surface area contributed by atoms with Gasteiger partial charge in [0, 0.05) is 23.9 Å². The Labute approximate surface area is 205 Å². The first kappa shape index (κ1) is 26.0. The molecular formula is C24H25F2N5O5. The summed E-state index contributed by atoms with van der Waals surface area (Å²) >= 11 is 0. The standard InChI is InChI=1S/C24H25F2N5O5/c1-12(28-24(33)34)20(13-4-6-14(25)7-5-13)30-23-19(26)11-18(21(27)32)22(31-23)29-15-8-16(35-2)10-17(9-15)36-3/h4-12,20,28H,1-3H3,(H2,27,32)(H,33,34)(H2,29,30,31)/t12-,20+/m0/s1. The number of anilines is 3. The number of halogens is 2. The zero-order valence-corrected chi connectivity index (χ0v) is 19.6. The van der Waals surface area contributed by atoms with Crippen LogP contribution in [-0.4, -0.2) is 42.4 Å². The molecule has 0 aliphatic heterocycles. The van der Waals surface area contributed by atoms with Crippen LogP contribution in [-0.2, 0) is 0 Å². The highest BCUT2D eigenvalue weighted by atomic mass is 19.1. The number of carbonyl (C=O) groups is 2. The summed E-state index contributed by atoms with van der Waals surface area (Å²) in [7, 11) is 2.93. The molecule has 0 saturated heterocycles. The number of ether oxygens (including phenoxy) is 2. The van der Waals surface area contributed by atoms with Crippen molar-refractivity contribution in [1.82, 2.24) is 10.3 Å². The second-order valence-electron chi connectivity index (χ2n) is 7.72. The molecule has 36 heavy (non-hydrogen) atoms. The highest BCUT2D eigenvalue weighted by Gasteiger charge is 2.25. The predicted molar refractivity (Wildman–Crippen MR) is 129 cm³/mol. The summed E-state index contributed by atoms with van der Waals surface area (Å²) in [5.41, 5.74) is 6.09. The van der Waals surface area contributed by atoms with E-state index in [4.69, 9.17) is 20.3 Å². The number of benzene rings is 2. The number of pyridine rings is 1. The van der Waals surface area contributed by atoms with Crippen LogP contribution >= 0.6 is 0 Å². The Morgan fingerprint density at radius 1 is 1.00 bits per heavy atom. The van der Waals surface area contributed by atoms with E-state index >= 15 is 4.39 Å². The molecule has 12 heteroatoms. The molecule has 0 saturated carbocycles. The number of carboxylic acid groups (broad SMARTS) is 1. The number of hydrogen-bond donors (Lipinski definition) is 5. The maximum Gasteiger partial charge on any atom is 0.404 e. The van der Waals surface area contributed by atoms with Crippen molar-refractivity contribution in [3.05, 3.63) is 71.3 Å². The van der Waals surface area contributed by atoms with Gasteiger partial charge in [-0.15, -0.1) is 0 Å². The third kappa shape index (κ3) is 6.29. The van der Waals surface area contributed by atoms with Gasteiger partial charge in [-0.05, 0) is 30.7 Å².